The van der Waals surface area contributed by atoms with E-state index in [1.54, 1.807) is 31.4 Å². The fourth-order valence-corrected chi connectivity index (χ4v) is 3.11. The Morgan fingerprint density at radius 2 is 1.71 bits per heavy atom. The van der Waals surface area contributed by atoms with Gasteiger partial charge < -0.3 is 15.4 Å². The number of aromatic nitrogens is 2. The number of methoxy groups -OCH3 is 1. The summed E-state index contributed by atoms with van der Waals surface area (Å²) in [6.07, 6.45) is 0. The van der Waals surface area contributed by atoms with Gasteiger partial charge in [0.15, 0.2) is 0 Å². The van der Waals surface area contributed by atoms with Crippen LogP contribution in [0.5, 0.6) is 0 Å². The molecule has 7 nitrogen and oxygen atoms in total. The molecule has 0 spiro atoms. The second-order valence-corrected chi connectivity index (χ2v) is 7.20. The zero-order chi connectivity index (χ0) is 19.9. The molecule has 0 bridgehead atoms. The smallest absolute Gasteiger partial charge is 0.286 e. The van der Waals surface area contributed by atoms with Crippen molar-refractivity contribution in [3.8, 4) is 0 Å². The molecule has 2 N–H and O–H groups in total. The summed E-state index contributed by atoms with van der Waals surface area (Å²) in [6, 6.07) is 14.7. The van der Waals surface area contributed by atoms with E-state index in [0.717, 1.165) is 5.56 Å². The van der Waals surface area contributed by atoms with Crippen molar-refractivity contribution in [1.29, 1.82) is 0 Å². The van der Waals surface area contributed by atoms with Crippen LogP contribution >= 0.6 is 11.3 Å². The zero-order valence-corrected chi connectivity index (χ0v) is 16.4. The van der Waals surface area contributed by atoms with Gasteiger partial charge in [-0.1, -0.05) is 41.2 Å². The molecule has 2 aromatic carbocycles. The normalized spacial score (nSPS) is 10.5. The van der Waals surface area contributed by atoms with Crippen LogP contribution in [0.2, 0.25) is 0 Å². The molecule has 0 fully saturated rings. The molecule has 28 heavy (non-hydrogen) atoms. The fraction of sp³-hybridized carbons (Fsp3) is 0.200. The van der Waals surface area contributed by atoms with Crippen molar-refractivity contribution in [2.24, 2.45) is 0 Å². The van der Waals surface area contributed by atoms with Crippen LogP contribution in [0.4, 0.5) is 5.69 Å². The Balaban J connectivity index is 1.55. The van der Waals surface area contributed by atoms with Gasteiger partial charge in [-0.3, -0.25) is 9.59 Å². The van der Waals surface area contributed by atoms with E-state index in [1.807, 2.05) is 31.2 Å². The molecule has 0 aliphatic carbocycles. The van der Waals surface area contributed by atoms with Crippen molar-refractivity contribution in [1.82, 2.24) is 15.5 Å². The second kappa shape index (κ2) is 9.20. The first-order chi connectivity index (χ1) is 13.5. The van der Waals surface area contributed by atoms with Crippen LogP contribution in [0, 0.1) is 6.92 Å². The molecular weight excluding hydrogens is 376 g/mol. The first kappa shape index (κ1) is 19.7. The van der Waals surface area contributed by atoms with Gasteiger partial charge in [0.2, 0.25) is 5.01 Å². The topological polar surface area (TPSA) is 93.2 Å². The molecule has 0 saturated carbocycles. The maximum absolute atomic E-state index is 12.3. The standard InChI is InChI=1S/C20H20N4O3S/c1-13-3-5-14(6-4-13)11-21-18(25)15-7-9-16(10-8-15)22-19(26)20-24-23-17(28-20)12-27-2/h3-10H,11-12H2,1-2H3,(H,21,25)(H,22,26). The summed E-state index contributed by atoms with van der Waals surface area (Å²) in [5.41, 5.74) is 3.30. The molecule has 3 rings (SSSR count). The molecule has 1 aromatic heterocycles. The van der Waals surface area contributed by atoms with Crippen molar-refractivity contribution in [3.63, 3.8) is 0 Å². The van der Waals surface area contributed by atoms with E-state index in [9.17, 15) is 9.59 Å². The monoisotopic (exact) mass is 396 g/mol. The lowest BCUT2D eigenvalue weighted by Gasteiger charge is -2.07. The fourth-order valence-electron chi connectivity index (χ4n) is 2.41. The number of ether oxygens (including phenoxy) is 1. The largest absolute Gasteiger partial charge is 0.377 e. The van der Waals surface area contributed by atoms with Crippen molar-refractivity contribution >= 4 is 28.8 Å². The third kappa shape index (κ3) is 5.21. The lowest BCUT2D eigenvalue weighted by atomic mass is 10.1. The number of nitrogens with zero attached hydrogens (tertiary/aromatic N) is 2. The minimum absolute atomic E-state index is 0.174. The molecule has 0 aliphatic heterocycles. The van der Waals surface area contributed by atoms with Gasteiger partial charge >= 0.3 is 0 Å². The van der Waals surface area contributed by atoms with Crippen molar-refractivity contribution in [2.75, 3.05) is 12.4 Å². The number of hydrogen-bond donors (Lipinski definition) is 2. The predicted octanol–water partition coefficient (Wildman–Crippen LogP) is 3.18. The van der Waals surface area contributed by atoms with Gasteiger partial charge in [0.1, 0.15) is 5.01 Å². The van der Waals surface area contributed by atoms with Crippen molar-refractivity contribution < 1.29 is 14.3 Å². The maximum Gasteiger partial charge on any atom is 0.286 e. The van der Waals surface area contributed by atoms with Gasteiger partial charge in [0, 0.05) is 24.9 Å². The Bertz CT molecular complexity index is 952. The van der Waals surface area contributed by atoms with Crippen LogP contribution in [0.3, 0.4) is 0 Å². The van der Waals surface area contributed by atoms with Gasteiger partial charge in [-0.05, 0) is 36.8 Å². The van der Waals surface area contributed by atoms with Crippen LogP contribution < -0.4 is 10.6 Å². The first-order valence-corrected chi connectivity index (χ1v) is 9.43. The molecular formula is C20H20N4O3S. The van der Waals surface area contributed by atoms with Gasteiger partial charge in [0.25, 0.3) is 11.8 Å². The summed E-state index contributed by atoms with van der Waals surface area (Å²) in [6.45, 7) is 2.79. The Kier molecular flexibility index (Phi) is 6.46. The minimum atomic E-state index is -0.351. The number of carbonyl (C=O) groups is 2. The highest BCUT2D eigenvalue weighted by Crippen LogP contribution is 2.15. The molecule has 0 aliphatic rings. The van der Waals surface area contributed by atoms with Crippen LogP contribution in [-0.4, -0.2) is 29.1 Å². The third-order valence-corrected chi connectivity index (χ3v) is 4.80. The molecule has 0 unspecified atom stereocenters. The van der Waals surface area contributed by atoms with Crippen molar-refractivity contribution in [3.05, 3.63) is 75.2 Å². The molecule has 1 heterocycles. The number of nitrogens with one attached hydrogen (secondary N) is 2. The zero-order valence-electron chi connectivity index (χ0n) is 15.6. The molecule has 0 radical (unpaired) electrons. The summed E-state index contributed by atoms with van der Waals surface area (Å²) >= 11 is 1.17. The Labute approximate surface area is 166 Å². The highest BCUT2D eigenvalue weighted by molar-refractivity contribution is 7.13. The molecule has 0 saturated heterocycles. The van der Waals surface area contributed by atoms with Gasteiger partial charge in [-0.2, -0.15) is 0 Å². The van der Waals surface area contributed by atoms with E-state index < -0.39 is 0 Å². The average molecular weight is 396 g/mol. The molecule has 144 valence electrons. The molecule has 8 heteroatoms. The molecule has 3 aromatic rings. The van der Waals surface area contributed by atoms with E-state index in [4.69, 9.17) is 4.74 Å². The number of anilines is 1. The van der Waals surface area contributed by atoms with Gasteiger partial charge in [-0.15, -0.1) is 10.2 Å². The van der Waals surface area contributed by atoms with Crippen LogP contribution in [0.25, 0.3) is 0 Å². The number of aryl methyl sites for hydroxylation is 1. The summed E-state index contributed by atoms with van der Waals surface area (Å²) in [7, 11) is 1.56. The SMILES string of the molecule is COCc1nnc(C(=O)Nc2ccc(C(=O)NCc3ccc(C)cc3)cc2)s1. The average Bonchev–Trinajstić information content (AvgIpc) is 3.17. The van der Waals surface area contributed by atoms with Gasteiger partial charge in [0.05, 0.1) is 6.61 Å². The summed E-state index contributed by atoms with van der Waals surface area (Å²) < 4.78 is 4.97. The van der Waals surface area contributed by atoms with E-state index in [2.05, 4.69) is 20.8 Å². The summed E-state index contributed by atoms with van der Waals surface area (Å²) in [5.74, 6) is -0.525. The number of hydrogen-bond acceptors (Lipinski definition) is 6. The minimum Gasteiger partial charge on any atom is -0.377 e. The van der Waals surface area contributed by atoms with Crippen LogP contribution in [-0.2, 0) is 17.9 Å². The highest BCUT2D eigenvalue weighted by atomic mass is 32.1. The van der Waals surface area contributed by atoms with E-state index in [0.29, 0.717) is 29.4 Å². The Hall–Kier alpha value is -3.10. The van der Waals surface area contributed by atoms with Crippen LogP contribution in [0.15, 0.2) is 48.5 Å². The quantitative estimate of drug-likeness (QED) is 0.640. The van der Waals surface area contributed by atoms with E-state index in [-0.39, 0.29) is 16.8 Å². The van der Waals surface area contributed by atoms with E-state index in [1.165, 1.54) is 16.9 Å². The number of carbonyl (C=O) groups excluding carboxylic acids is 2. The summed E-state index contributed by atoms with van der Waals surface area (Å²) in [5, 5.41) is 14.2. The number of benzene rings is 2. The lowest BCUT2D eigenvalue weighted by Crippen LogP contribution is -2.22. The molecule has 0 atom stereocenters. The van der Waals surface area contributed by atoms with Crippen LogP contribution in [0.1, 0.15) is 36.3 Å². The molecule has 2 amide bonds. The number of amides is 2. The Morgan fingerprint density at radius 3 is 2.39 bits per heavy atom. The van der Waals surface area contributed by atoms with Gasteiger partial charge in [-0.25, -0.2) is 0 Å². The van der Waals surface area contributed by atoms with E-state index >= 15 is 0 Å². The second-order valence-electron chi connectivity index (χ2n) is 6.13. The highest BCUT2D eigenvalue weighted by Gasteiger charge is 2.13. The lowest BCUT2D eigenvalue weighted by molar-refractivity contribution is 0.0950. The number of rotatable bonds is 7. The van der Waals surface area contributed by atoms with Crippen molar-refractivity contribution in [2.45, 2.75) is 20.1 Å². The maximum atomic E-state index is 12.3. The Morgan fingerprint density at radius 1 is 1.00 bits per heavy atom. The third-order valence-electron chi connectivity index (χ3n) is 3.91. The summed E-state index contributed by atoms with van der Waals surface area (Å²) in [4.78, 5) is 24.5. The first-order valence-electron chi connectivity index (χ1n) is 8.61. The predicted molar refractivity (Wildman–Crippen MR) is 107 cm³/mol.